The van der Waals surface area contributed by atoms with Crippen molar-refractivity contribution in [2.24, 2.45) is 0 Å². The maximum absolute atomic E-state index is 4.64. The number of aromatic nitrogens is 3. The van der Waals surface area contributed by atoms with Gasteiger partial charge in [0.25, 0.3) is 0 Å². The number of nitrogens with zero attached hydrogens (tertiary/aromatic N) is 4. The van der Waals surface area contributed by atoms with Gasteiger partial charge in [0.05, 0.1) is 17.2 Å². The summed E-state index contributed by atoms with van der Waals surface area (Å²) < 4.78 is 0. The molecule has 0 amide bonds. The van der Waals surface area contributed by atoms with Crippen LogP contribution in [0.1, 0.15) is 40.5 Å². The Labute approximate surface area is 116 Å². The predicted molar refractivity (Wildman–Crippen MR) is 76.0 cm³/mol. The lowest BCUT2D eigenvalue weighted by Gasteiger charge is -2.12. The monoisotopic (exact) mass is 282 g/mol. The van der Waals surface area contributed by atoms with Crippen LogP contribution in [0.3, 0.4) is 0 Å². The van der Waals surface area contributed by atoms with Crippen molar-refractivity contribution in [3.63, 3.8) is 0 Å². The molecule has 2 rings (SSSR count). The molecule has 2 aromatic rings. The van der Waals surface area contributed by atoms with Gasteiger partial charge in [0.1, 0.15) is 10.0 Å². The molecule has 0 saturated carbocycles. The molecule has 0 radical (unpaired) electrons. The number of aryl methyl sites for hydroxylation is 1. The van der Waals surface area contributed by atoms with Crippen LogP contribution in [0.2, 0.25) is 0 Å². The second kappa shape index (κ2) is 5.86. The van der Waals surface area contributed by atoms with E-state index in [1.165, 1.54) is 5.01 Å². The minimum absolute atomic E-state index is 0.514. The van der Waals surface area contributed by atoms with E-state index in [4.69, 9.17) is 0 Å². The van der Waals surface area contributed by atoms with E-state index >= 15 is 0 Å². The number of hydrogen-bond acceptors (Lipinski definition) is 6. The maximum Gasteiger partial charge on any atom is 0.131 e. The Hall–Kier alpha value is -0.850. The summed E-state index contributed by atoms with van der Waals surface area (Å²) >= 11 is 3.40. The number of thiazole rings is 1. The van der Waals surface area contributed by atoms with Gasteiger partial charge in [0.15, 0.2) is 0 Å². The Bertz CT molecular complexity index is 504. The van der Waals surface area contributed by atoms with E-state index in [0.29, 0.717) is 5.92 Å². The zero-order valence-corrected chi connectivity index (χ0v) is 12.8. The fraction of sp³-hybridized carbons (Fsp3) is 0.583. The van der Waals surface area contributed by atoms with E-state index in [9.17, 15) is 0 Å². The second-order valence-corrected chi connectivity index (χ2v) is 6.87. The fourth-order valence-electron chi connectivity index (χ4n) is 1.63. The molecule has 0 unspecified atom stereocenters. The van der Waals surface area contributed by atoms with Crippen LogP contribution in [0.25, 0.3) is 0 Å². The molecule has 0 aliphatic heterocycles. The van der Waals surface area contributed by atoms with Gasteiger partial charge >= 0.3 is 0 Å². The largest absolute Gasteiger partial charge is 0.294 e. The number of rotatable bonds is 5. The second-order valence-electron chi connectivity index (χ2n) is 4.72. The molecular formula is C12H18N4S2. The Morgan fingerprint density at radius 1 is 1.28 bits per heavy atom. The highest BCUT2D eigenvalue weighted by Gasteiger charge is 2.09. The molecule has 0 spiro atoms. The fourth-order valence-corrected chi connectivity index (χ4v) is 3.24. The van der Waals surface area contributed by atoms with Crippen LogP contribution in [0.5, 0.6) is 0 Å². The zero-order chi connectivity index (χ0) is 13.1. The van der Waals surface area contributed by atoms with Crippen LogP contribution < -0.4 is 0 Å². The summed E-state index contributed by atoms with van der Waals surface area (Å²) in [5.74, 6) is 0.514. The predicted octanol–water partition coefficient (Wildman–Crippen LogP) is 3.06. The van der Waals surface area contributed by atoms with E-state index in [2.05, 4.69) is 46.4 Å². The molecular weight excluding hydrogens is 264 g/mol. The Morgan fingerprint density at radius 3 is 2.61 bits per heavy atom. The summed E-state index contributed by atoms with van der Waals surface area (Å²) in [5.41, 5.74) is 1.15. The zero-order valence-electron chi connectivity index (χ0n) is 11.2. The lowest BCUT2D eigenvalue weighted by molar-refractivity contribution is 0.314. The highest BCUT2D eigenvalue weighted by atomic mass is 32.1. The van der Waals surface area contributed by atoms with Crippen LogP contribution in [-0.2, 0) is 13.1 Å². The smallest absolute Gasteiger partial charge is 0.131 e. The van der Waals surface area contributed by atoms with Crippen molar-refractivity contribution in [1.29, 1.82) is 0 Å². The normalized spacial score (nSPS) is 11.7. The minimum atomic E-state index is 0.514. The quantitative estimate of drug-likeness (QED) is 0.845. The molecule has 0 bridgehead atoms. The van der Waals surface area contributed by atoms with Gasteiger partial charge < -0.3 is 0 Å². The first-order valence-electron chi connectivity index (χ1n) is 5.96. The van der Waals surface area contributed by atoms with Crippen LogP contribution in [0.15, 0.2) is 5.38 Å². The summed E-state index contributed by atoms with van der Waals surface area (Å²) in [6, 6.07) is 0. The van der Waals surface area contributed by atoms with Crippen LogP contribution >= 0.6 is 22.7 Å². The van der Waals surface area contributed by atoms with E-state index in [-0.39, 0.29) is 0 Å². The molecule has 18 heavy (non-hydrogen) atoms. The lowest BCUT2D eigenvalue weighted by Crippen LogP contribution is -2.17. The maximum atomic E-state index is 4.64. The van der Waals surface area contributed by atoms with Gasteiger partial charge in [-0.15, -0.1) is 32.9 Å². The summed E-state index contributed by atoms with van der Waals surface area (Å²) in [6.07, 6.45) is 0. The number of hydrogen-bond donors (Lipinski definition) is 0. The minimum Gasteiger partial charge on any atom is -0.294 e. The molecule has 0 saturated heterocycles. The van der Waals surface area contributed by atoms with E-state index < -0.39 is 0 Å². The molecule has 0 fully saturated rings. The first-order chi connectivity index (χ1) is 8.54. The summed E-state index contributed by atoms with van der Waals surface area (Å²) in [4.78, 5) is 6.86. The van der Waals surface area contributed by atoms with Gasteiger partial charge in [-0.2, -0.15) is 0 Å². The molecule has 0 atom stereocenters. The first-order valence-corrected chi connectivity index (χ1v) is 7.66. The topological polar surface area (TPSA) is 41.9 Å². The lowest BCUT2D eigenvalue weighted by atomic mass is 10.2. The third-order valence-corrected chi connectivity index (χ3v) is 4.49. The SMILES string of the molecule is Cc1nnc(CN(C)Cc2csc(C(C)C)n2)s1. The van der Waals surface area contributed by atoms with Gasteiger partial charge in [0.2, 0.25) is 0 Å². The van der Waals surface area contributed by atoms with Gasteiger partial charge in [-0.05, 0) is 14.0 Å². The molecule has 0 aromatic carbocycles. The highest BCUT2D eigenvalue weighted by Crippen LogP contribution is 2.20. The van der Waals surface area contributed by atoms with Crippen LogP contribution in [0, 0.1) is 6.92 Å². The van der Waals surface area contributed by atoms with Crippen LogP contribution in [0.4, 0.5) is 0 Å². The van der Waals surface area contributed by atoms with Crippen molar-refractivity contribution < 1.29 is 0 Å². The molecule has 6 heteroatoms. The van der Waals surface area contributed by atoms with Gasteiger partial charge in [-0.3, -0.25) is 4.90 Å². The van der Waals surface area contributed by atoms with Crippen LogP contribution in [-0.4, -0.2) is 27.1 Å². The van der Waals surface area contributed by atoms with Gasteiger partial charge in [-0.1, -0.05) is 13.8 Å². The van der Waals surface area contributed by atoms with Crippen molar-refractivity contribution in [1.82, 2.24) is 20.1 Å². The summed E-state index contributed by atoms with van der Waals surface area (Å²) in [5, 5.41) is 13.6. The Kier molecular flexibility index (Phi) is 4.42. The standard InChI is InChI=1S/C12H18N4S2/c1-8(2)12-13-10(7-17-12)5-16(4)6-11-15-14-9(3)18-11/h7-8H,5-6H2,1-4H3. The van der Waals surface area contributed by atoms with Crippen molar-refractivity contribution in [2.45, 2.75) is 39.8 Å². The van der Waals surface area contributed by atoms with Crippen molar-refractivity contribution in [3.8, 4) is 0 Å². The Morgan fingerprint density at radius 2 is 2.06 bits per heavy atom. The summed E-state index contributed by atoms with van der Waals surface area (Å²) in [6.45, 7) is 8.03. The van der Waals surface area contributed by atoms with Crippen molar-refractivity contribution in [3.05, 3.63) is 26.1 Å². The molecule has 0 aliphatic rings. The molecule has 0 aliphatic carbocycles. The van der Waals surface area contributed by atoms with E-state index in [1.807, 2.05) is 6.92 Å². The third kappa shape index (κ3) is 3.57. The third-order valence-electron chi connectivity index (χ3n) is 2.47. The molecule has 98 valence electrons. The summed E-state index contributed by atoms with van der Waals surface area (Å²) in [7, 11) is 2.09. The highest BCUT2D eigenvalue weighted by molar-refractivity contribution is 7.11. The average Bonchev–Trinajstić information content (AvgIpc) is 2.88. The van der Waals surface area contributed by atoms with Gasteiger partial charge in [-0.25, -0.2) is 4.98 Å². The van der Waals surface area contributed by atoms with E-state index in [0.717, 1.165) is 28.8 Å². The van der Waals surface area contributed by atoms with Crippen molar-refractivity contribution in [2.75, 3.05) is 7.05 Å². The Balaban J connectivity index is 1.92. The molecule has 2 aromatic heterocycles. The van der Waals surface area contributed by atoms with Crippen molar-refractivity contribution >= 4 is 22.7 Å². The van der Waals surface area contributed by atoms with Gasteiger partial charge in [0, 0.05) is 17.8 Å². The molecule has 4 nitrogen and oxygen atoms in total. The van der Waals surface area contributed by atoms with E-state index in [1.54, 1.807) is 22.7 Å². The average molecular weight is 282 g/mol. The molecule has 2 heterocycles. The molecule has 0 N–H and O–H groups in total. The first kappa shape index (κ1) is 13.6.